The third-order valence-corrected chi connectivity index (χ3v) is 4.33. The molecule has 0 radical (unpaired) electrons. The lowest BCUT2D eigenvalue weighted by Crippen LogP contribution is -2.45. The standard InChI is InChI=1S/C17H25N5O2/c1-14(12-21-9-6-18-13-21)20-17(23)19-11-15(16-5-4-10-24-16)22-7-2-3-8-22/h4-6,9-10,13-15H,2-3,7-8,11-12H2,1H3,(H2,19,20,23)/t14-,15-/m0/s1. The van der Waals surface area contributed by atoms with Gasteiger partial charge in [0.25, 0.3) is 0 Å². The lowest BCUT2D eigenvalue weighted by molar-refractivity contribution is 0.202. The van der Waals surface area contributed by atoms with E-state index in [-0.39, 0.29) is 18.1 Å². The number of carbonyl (C=O) groups excluding carboxylic acids is 1. The summed E-state index contributed by atoms with van der Waals surface area (Å²) in [5.74, 6) is 0.906. The van der Waals surface area contributed by atoms with Crippen LogP contribution in [0, 0.1) is 0 Å². The molecule has 130 valence electrons. The molecule has 1 fully saturated rings. The Labute approximate surface area is 142 Å². The van der Waals surface area contributed by atoms with Gasteiger partial charge in [0.2, 0.25) is 0 Å². The third-order valence-electron chi connectivity index (χ3n) is 4.33. The van der Waals surface area contributed by atoms with Crippen molar-refractivity contribution in [2.45, 2.75) is 38.4 Å². The Kier molecular flexibility index (Phi) is 5.53. The highest BCUT2D eigenvalue weighted by Gasteiger charge is 2.26. The van der Waals surface area contributed by atoms with E-state index in [9.17, 15) is 4.79 Å². The predicted molar refractivity (Wildman–Crippen MR) is 90.5 cm³/mol. The highest BCUT2D eigenvalue weighted by molar-refractivity contribution is 5.74. The molecule has 2 N–H and O–H groups in total. The number of imidazole rings is 1. The molecule has 7 nitrogen and oxygen atoms in total. The molecule has 2 atom stereocenters. The van der Waals surface area contributed by atoms with Gasteiger partial charge in [0.05, 0.1) is 18.6 Å². The number of aromatic nitrogens is 2. The molecule has 2 aromatic rings. The van der Waals surface area contributed by atoms with Crippen LogP contribution in [0.25, 0.3) is 0 Å². The molecule has 24 heavy (non-hydrogen) atoms. The molecule has 0 spiro atoms. The molecule has 2 amide bonds. The molecule has 7 heteroatoms. The second kappa shape index (κ2) is 8.01. The van der Waals surface area contributed by atoms with Crippen LogP contribution in [0.2, 0.25) is 0 Å². The fourth-order valence-electron chi connectivity index (χ4n) is 3.16. The number of urea groups is 1. The fraction of sp³-hybridized carbons (Fsp3) is 0.529. The Morgan fingerprint density at radius 1 is 1.42 bits per heavy atom. The van der Waals surface area contributed by atoms with Gasteiger partial charge < -0.3 is 19.6 Å². The first-order valence-electron chi connectivity index (χ1n) is 8.50. The van der Waals surface area contributed by atoms with Crippen LogP contribution in [0.15, 0.2) is 41.5 Å². The average Bonchev–Trinajstić information content (AvgIpc) is 3.31. The molecule has 2 aromatic heterocycles. The van der Waals surface area contributed by atoms with Crippen LogP contribution in [0.4, 0.5) is 4.79 Å². The highest BCUT2D eigenvalue weighted by Crippen LogP contribution is 2.24. The lowest BCUT2D eigenvalue weighted by atomic mass is 10.2. The first-order valence-corrected chi connectivity index (χ1v) is 8.50. The van der Waals surface area contributed by atoms with E-state index in [0.717, 1.165) is 18.8 Å². The van der Waals surface area contributed by atoms with E-state index in [0.29, 0.717) is 13.1 Å². The topological polar surface area (TPSA) is 75.3 Å². The van der Waals surface area contributed by atoms with Gasteiger partial charge in [0, 0.05) is 31.5 Å². The van der Waals surface area contributed by atoms with Crippen molar-refractivity contribution in [3.05, 3.63) is 42.9 Å². The van der Waals surface area contributed by atoms with Crippen molar-refractivity contribution in [1.82, 2.24) is 25.1 Å². The maximum absolute atomic E-state index is 12.2. The number of hydrogen-bond donors (Lipinski definition) is 2. The molecule has 0 aromatic carbocycles. The largest absolute Gasteiger partial charge is 0.468 e. The van der Waals surface area contributed by atoms with Crippen LogP contribution in [-0.2, 0) is 6.54 Å². The van der Waals surface area contributed by atoms with Crippen LogP contribution in [0.3, 0.4) is 0 Å². The van der Waals surface area contributed by atoms with Crippen LogP contribution in [-0.4, -0.2) is 46.2 Å². The van der Waals surface area contributed by atoms with Crippen molar-refractivity contribution in [2.24, 2.45) is 0 Å². The molecule has 0 bridgehead atoms. The molecule has 1 aliphatic rings. The predicted octanol–water partition coefficient (Wildman–Crippen LogP) is 2.00. The van der Waals surface area contributed by atoms with E-state index in [2.05, 4.69) is 20.5 Å². The van der Waals surface area contributed by atoms with Crippen molar-refractivity contribution in [1.29, 1.82) is 0 Å². The minimum absolute atomic E-state index is 0.0213. The van der Waals surface area contributed by atoms with Gasteiger partial charge in [-0.25, -0.2) is 9.78 Å². The van der Waals surface area contributed by atoms with E-state index in [1.165, 1.54) is 12.8 Å². The van der Waals surface area contributed by atoms with Crippen LogP contribution >= 0.6 is 0 Å². The summed E-state index contributed by atoms with van der Waals surface area (Å²) in [5.41, 5.74) is 0. The Bertz CT molecular complexity index is 605. The normalized spacial score (nSPS) is 17.5. The van der Waals surface area contributed by atoms with Crippen molar-refractivity contribution in [3.63, 3.8) is 0 Å². The summed E-state index contributed by atoms with van der Waals surface area (Å²) < 4.78 is 7.51. The minimum Gasteiger partial charge on any atom is -0.468 e. The zero-order valence-electron chi connectivity index (χ0n) is 14.0. The van der Waals surface area contributed by atoms with Crippen molar-refractivity contribution in [2.75, 3.05) is 19.6 Å². The first kappa shape index (κ1) is 16.6. The van der Waals surface area contributed by atoms with E-state index in [4.69, 9.17) is 4.42 Å². The molecular formula is C17H25N5O2. The van der Waals surface area contributed by atoms with E-state index >= 15 is 0 Å². The third kappa shape index (κ3) is 4.38. The van der Waals surface area contributed by atoms with Gasteiger partial charge in [-0.2, -0.15) is 0 Å². The van der Waals surface area contributed by atoms with Gasteiger partial charge in [-0.05, 0) is 45.0 Å². The minimum atomic E-state index is -0.154. The lowest BCUT2D eigenvalue weighted by Gasteiger charge is -2.26. The number of rotatable bonds is 7. The number of amides is 2. The number of nitrogens with one attached hydrogen (secondary N) is 2. The Morgan fingerprint density at radius 2 is 2.25 bits per heavy atom. The maximum Gasteiger partial charge on any atom is 0.315 e. The van der Waals surface area contributed by atoms with Crippen LogP contribution in [0.1, 0.15) is 31.6 Å². The highest BCUT2D eigenvalue weighted by atomic mass is 16.3. The van der Waals surface area contributed by atoms with E-state index in [1.807, 2.05) is 29.8 Å². The molecule has 3 rings (SSSR count). The van der Waals surface area contributed by atoms with E-state index < -0.39 is 0 Å². The fourth-order valence-corrected chi connectivity index (χ4v) is 3.16. The summed E-state index contributed by atoms with van der Waals surface area (Å²) in [5, 5.41) is 5.94. The zero-order valence-corrected chi connectivity index (χ0v) is 14.0. The Balaban J connectivity index is 1.49. The van der Waals surface area contributed by atoms with Crippen molar-refractivity contribution < 1.29 is 9.21 Å². The molecule has 0 unspecified atom stereocenters. The first-order chi connectivity index (χ1) is 11.7. The number of hydrogen-bond acceptors (Lipinski definition) is 4. The van der Waals surface area contributed by atoms with Crippen molar-refractivity contribution in [3.8, 4) is 0 Å². The summed E-state index contributed by atoms with van der Waals surface area (Å²) in [7, 11) is 0. The number of nitrogens with zero attached hydrogens (tertiary/aromatic N) is 3. The Morgan fingerprint density at radius 3 is 2.92 bits per heavy atom. The number of carbonyl (C=O) groups is 1. The average molecular weight is 331 g/mol. The Hall–Kier alpha value is -2.28. The van der Waals surface area contributed by atoms with E-state index in [1.54, 1.807) is 18.8 Å². The van der Waals surface area contributed by atoms with Crippen molar-refractivity contribution >= 4 is 6.03 Å². The van der Waals surface area contributed by atoms with Crippen LogP contribution in [0.5, 0.6) is 0 Å². The molecular weight excluding hydrogens is 306 g/mol. The monoisotopic (exact) mass is 331 g/mol. The summed E-state index contributed by atoms with van der Waals surface area (Å²) in [4.78, 5) is 18.5. The zero-order chi connectivity index (χ0) is 16.8. The summed E-state index contributed by atoms with van der Waals surface area (Å²) in [6, 6.07) is 3.83. The summed E-state index contributed by atoms with van der Waals surface area (Å²) in [6.07, 6.45) is 9.45. The quantitative estimate of drug-likeness (QED) is 0.814. The van der Waals surface area contributed by atoms with Gasteiger partial charge >= 0.3 is 6.03 Å². The second-order valence-corrected chi connectivity index (χ2v) is 6.29. The molecule has 0 aliphatic carbocycles. The molecule has 1 aliphatic heterocycles. The van der Waals surface area contributed by atoms with Gasteiger partial charge in [-0.3, -0.25) is 4.90 Å². The number of furan rings is 1. The number of likely N-dealkylation sites (tertiary alicyclic amines) is 1. The van der Waals surface area contributed by atoms with Gasteiger partial charge in [0.1, 0.15) is 5.76 Å². The molecule has 3 heterocycles. The molecule has 0 saturated carbocycles. The summed E-state index contributed by atoms with van der Waals surface area (Å²) >= 11 is 0. The van der Waals surface area contributed by atoms with Gasteiger partial charge in [0.15, 0.2) is 0 Å². The smallest absolute Gasteiger partial charge is 0.315 e. The SMILES string of the molecule is C[C@@H](Cn1ccnc1)NC(=O)NC[C@@H](c1ccco1)N1CCCC1. The summed E-state index contributed by atoms with van der Waals surface area (Å²) in [6.45, 7) is 5.31. The van der Waals surface area contributed by atoms with Gasteiger partial charge in [-0.15, -0.1) is 0 Å². The second-order valence-electron chi connectivity index (χ2n) is 6.29. The van der Waals surface area contributed by atoms with Gasteiger partial charge in [-0.1, -0.05) is 0 Å². The molecule has 1 saturated heterocycles. The maximum atomic E-state index is 12.2. The van der Waals surface area contributed by atoms with Crippen LogP contribution < -0.4 is 10.6 Å².